The molecule has 0 amide bonds. The predicted octanol–water partition coefficient (Wildman–Crippen LogP) is 5.03. The van der Waals surface area contributed by atoms with E-state index in [1.165, 1.54) is 25.5 Å². The molecule has 1 atom stereocenters. The van der Waals surface area contributed by atoms with Gasteiger partial charge in [0.05, 0.1) is 6.61 Å². The van der Waals surface area contributed by atoms with Gasteiger partial charge in [0.2, 0.25) is 0 Å². The first kappa shape index (κ1) is 21.9. The SMILES string of the molecule is CCOc1cc(CNCC2CCCN2CC)c(Cl)cc1OCc1ccccc1F. The zero-order chi connectivity index (χ0) is 20.6. The molecule has 0 bridgehead atoms. The number of halogens is 2. The third-order valence-corrected chi connectivity index (χ3v) is 5.71. The Hall–Kier alpha value is -1.82. The number of hydrogen-bond donors (Lipinski definition) is 1. The molecule has 0 aliphatic carbocycles. The van der Waals surface area contributed by atoms with E-state index < -0.39 is 0 Å². The van der Waals surface area contributed by atoms with Crippen LogP contribution in [0.2, 0.25) is 5.02 Å². The maximum atomic E-state index is 13.9. The van der Waals surface area contributed by atoms with Crippen LogP contribution in [0.1, 0.15) is 37.8 Å². The van der Waals surface area contributed by atoms with Gasteiger partial charge in [-0.15, -0.1) is 0 Å². The summed E-state index contributed by atoms with van der Waals surface area (Å²) in [7, 11) is 0. The van der Waals surface area contributed by atoms with Crippen molar-refractivity contribution in [1.82, 2.24) is 10.2 Å². The minimum atomic E-state index is -0.287. The van der Waals surface area contributed by atoms with Crippen molar-refractivity contribution in [1.29, 1.82) is 0 Å². The lowest BCUT2D eigenvalue weighted by molar-refractivity contribution is 0.259. The Balaban J connectivity index is 1.64. The van der Waals surface area contributed by atoms with E-state index in [1.807, 2.05) is 13.0 Å². The van der Waals surface area contributed by atoms with Crippen LogP contribution in [0.25, 0.3) is 0 Å². The molecule has 1 fully saturated rings. The summed E-state index contributed by atoms with van der Waals surface area (Å²) in [4.78, 5) is 2.51. The maximum absolute atomic E-state index is 13.9. The Bertz CT molecular complexity index is 802. The van der Waals surface area contributed by atoms with Crippen LogP contribution < -0.4 is 14.8 Å². The molecule has 2 aromatic rings. The molecular weight excluding hydrogens is 391 g/mol. The van der Waals surface area contributed by atoms with Crippen LogP contribution in [0.5, 0.6) is 11.5 Å². The van der Waals surface area contributed by atoms with Gasteiger partial charge < -0.3 is 14.8 Å². The molecule has 0 saturated carbocycles. The summed E-state index contributed by atoms with van der Waals surface area (Å²) in [5, 5.41) is 4.14. The Morgan fingerprint density at radius 3 is 2.69 bits per heavy atom. The van der Waals surface area contributed by atoms with Gasteiger partial charge in [0.25, 0.3) is 0 Å². The van der Waals surface area contributed by atoms with Crippen LogP contribution in [0.15, 0.2) is 36.4 Å². The molecule has 1 aliphatic rings. The summed E-state index contributed by atoms with van der Waals surface area (Å²) >= 11 is 6.51. The Morgan fingerprint density at radius 2 is 1.93 bits per heavy atom. The summed E-state index contributed by atoms with van der Waals surface area (Å²) in [5.41, 5.74) is 1.46. The molecule has 1 unspecified atom stereocenters. The molecule has 0 spiro atoms. The molecule has 29 heavy (non-hydrogen) atoms. The highest BCUT2D eigenvalue weighted by atomic mass is 35.5. The summed E-state index contributed by atoms with van der Waals surface area (Å²) in [6.45, 7) is 8.66. The molecule has 158 valence electrons. The van der Waals surface area contributed by atoms with E-state index in [2.05, 4.69) is 17.1 Å². The van der Waals surface area contributed by atoms with Crippen LogP contribution >= 0.6 is 11.6 Å². The molecule has 1 saturated heterocycles. The number of benzene rings is 2. The topological polar surface area (TPSA) is 33.7 Å². The van der Waals surface area contributed by atoms with Gasteiger partial charge in [-0.25, -0.2) is 4.39 Å². The highest BCUT2D eigenvalue weighted by Gasteiger charge is 2.22. The van der Waals surface area contributed by atoms with Crippen molar-refractivity contribution in [2.75, 3.05) is 26.2 Å². The average molecular weight is 421 g/mol. The lowest BCUT2D eigenvalue weighted by atomic mass is 10.1. The first-order chi connectivity index (χ1) is 14.1. The van der Waals surface area contributed by atoms with E-state index in [4.69, 9.17) is 21.1 Å². The zero-order valence-corrected chi connectivity index (χ0v) is 18.0. The normalized spacial score (nSPS) is 16.9. The average Bonchev–Trinajstić information content (AvgIpc) is 3.17. The molecule has 6 heteroatoms. The molecule has 0 radical (unpaired) electrons. The van der Waals surface area contributed by atoms with Gasteiger partial charge in [-0.3, -0.25) is 4.90 Å². The van der Waals surface area contributed by atoms with E-state index in [0.29, 0.717) is 41.3 Å². The minimum Gasteiger partial charge on any atom is -0.490 e. The highest BCUT2D eigenvalue weighted by Crippen LogP contribution is 2.34. The number of rotatable bonds is 10. The summed E-state index contributed by atoms with van der Waals surface area (Å²) in [6.07, 6.45) is 2.51. The van der Waals surface area contributed by atoms with Crippen LogP contribution in [-0.4, -0.2) is 37.2 Å². The van der Waals surface area contributed by atoms with Gasteiger partial charge in [0.1, 0.15) is 12.4 Å². The van der Waals surface area contributed by atoms with Crippen LogP contribution in [-0.2, 0) is 13.2 Å². The van der Waals surface area contributed by atoms with E-state index in [9.17, 15) is 4.39 Å². The fourth-order valence-corrected chi connectivity index (χ4v) is 4.00. The quantitative estimate of drug-likeness (QED) is 0.584. The Kier molecular flexibility index (Phi) is 8.16. The number of likely N-dealkylation sites (tertiary alicyclic amines) is 1. The Morgan fingerprint density at radius 1 is 1.14 bits per heavy atom. The van der Waals surface area contributed by atoms with Crippen LogP contribution in [0.4, 0.5) is 4.39 Å². The molecule has 1 aliphatic heterocycles. The minimum absolute atomic E-state index is 0.120. The van der Waals surface area contributed by atoms with Crippen LogP contribution in [0, 0.1) is 5.82 Å². The summed E-state index contributed by atoms with van der Waals surface area (Å²) in [6, 6.07) is 10.9. The second kappa shape index (κ2) is 10.8. The standard InChI is InChI=1S/C23H30ClFN2O2/c1-3-27-11-7-9-19(27)15-26-14-18-12-22(28-4-2)23(13-20(18)24)29-16-17-8-5-6-10-21(17)25/h5-6,8,10,12-13,19,26H,3-4,7,9,11,14-16H2,1-2H3. The molecule has 1 N–H and O–H groups in total. The lowest BCUT2D eigenvalue weighted by Crippen LogP contribution is -2.37. The van der Waals surface area contributed by atoms with Gasteiger partial charge in [-0.1, -0.05) is 36.7 Å². The second-order valence-corrected chi connectivity index (χ2v) is 7.67. The second-order valence-electron chi connectivity index (χ2n) is 7.26. The first-order valence-electron chi connectivity index (χ1n) is 10.4. The molecule has 4 nitrogen and oxygen atoms in total. The third kappa shape index (κ3) is 5.84. The smallest absolute Gasteiger partial charge is 0.163 e. The number of nitrogens with zero attached hydrogens (tertiary/aromatic N) is 1. The number of ether oxygens (including phenoxy) is 2. The van der Waals surface area contributed by atoms with Crippen molar-refractivity contribution in [2.24, 2.45) is 0 Å². The first-order valence-corrected chi connectivity index (χ1v) is 10.8. The summed E-state index contributed by atoms with van der Waals surface area (Å²) < 4.78 is 25.4. The molecular formula is C23H30ClFN2O2. The fraction of sp³-hybridized carbons (Fsp3) is 0.478. The van der Waals surface area contributed by atoms with Gasteiger partial charge >= 0.3 is 0 Å². The molecule has 3 rings (SSSR count). The van der Waals surface area contributed by atoms with Crippen molar-refractivity contribution < 1.29 is 13.9 Å². The largest absolute Gasteiger partial charge is 0.490 e. The fourth-order valence-electron chi connectivity index (χ4n) is 3.78. The van der Waals surface area contributed by atoms with Crippen molar-refractivity contribution >= 4 is 11.6 Å². The van der Waals surface area contributed by atoms with E-state index >= 15 is 0 Å². The lowest BCUT2D eigenvalue weighted by Gasteiger charge is -2.23. The number of hydrogen-bond acceptors (Lipinski definition) is 4. The van der Waals surface area contributed by atoms with Gasteiger partial charge in [0.15, 0.2) is 11.5 Å². The number of likely N-dealkylation sites (N-methyl/N-ethyl adjacent to an activating group) is 1. The highest BCUT2D eigenvalue weighted by molar-refractivity contribution is 6.31. The molecule has 2 aromatic carbocycles. The van der Waals surface area contributed by atoms with Crippen molar-refractivity contribution in [3.05, 3.63) is 58.4 Å². The molecule has 0 aromatic heterocycles. The molecule has 1 heterocycles. The third-order valence-electron chi connectivity index (χ3n) is 5.35. The summed E-state index contributed by atoms with van der Waals surface area (Å²) in [5.74, 6) is 0.864. The van der Waals surface area contributed by atoms with Crippen molar-refractivity contribution in [3.8, 4) is 11.5 Å². The van der Waals surface area contributed by atoms with Crippen molar-refractivity contribution in [3.63, 3.8) is 0 Å². The number of nitrogens with one attached hydrogen (secondary N) is 1. The van der Waals surface area contributed by atoms with E-state index in [1.54, 1.807) is 24.3 Å². The Labute approximate surface area is 178 Å². The van der Waals surface area contributed by atoms with Gasteiger partial charge in [-0.05, 0) is 50.6 Å². The van der Waals surface area contributed by atoms with Crippen LogP contribution in [0.3, 0.4) is 0 Å². The van der Waals surface area contributed by atoms with Crippen molar-refractivity contribution in [2.45, 2.75) is 45.9 Å². The van der Waals surface area contributed by atoms with Gasteiger partial charge in [0, 0.05) is 35.8 Å². The van der Waals surface area contributed by atoms with Gasteiger partial charge in [-0.2, -0.15) is 0 Å². The van der Waals surface area contributed by atoms with E-state index in [0.717, 1.165) is 18.7 Å². The monoisotopic (exact) mass is 420 g/mol. The zero-order valence-electron chi connectivity index (χ0n) is 17.2. The van der Waals surface area contributed by atoms with E-state index in [-0.39, 0.29) is 12.4 Å². The maximum Gasteiger partial charge on any atom is 0.163 e. The predicted molar refractivity (Wildman–Crippen MR) is 115 cm³/mol.